The molecule has 0 fully saturated rings. The van der Waals surface area contributed by atoms with Crippen molar-refractivity contribution in [1.82, 2.24) is 25.0 Å². The van der Waals surface area contributed by atoms with Gasteiger partial charge in [0.1, 0.15) is 5.82 Å². The Morgan fingerprint density at radius 3 is 2.73 bits per heavy atom. The third-order valence-electron chi connectivity index (χ3n) is 4.36. The normalized spacial score (nSPS) is 11.3. The van der Waals surface area contributed by atoms with E-state index in [-0.39, 0.29) is 0 Å². The SMILES string of the molecule is COCc1ccc(-c2nc(Cc3ccc4[nH]ncc4c3Cl)n(C)n2)cc1. The van der Waals surface area contributed by atoms with Crippen LogP contribution in [0.25, 0.3) is 22.3 Å². The zero-order valence-corrected chi connectivity index (χ0v) is 15.3. The smallest absolute Gasteiger partial charge is 0.181 e. The predicted octanol–water partition coefficient (Wildman–Crippen LogP) is 3.75. The fourth-order valence-corrected chi connectivity index (χ4v) is 3.23. The molecular formula is C19H18ClN5O. The van der Waals surface area contributed by atoms with Gasteiger partial charge in [0.15, 0.2) is 5.82 Å². The molecule has 0 aliphatic carbocycles. The number of H-pyrrole nitrogens is 1. The van der Waals surface area contributed by atoms with Crippen LogP contribution in [-0.2, 0) is 24.8 Å². The van der Waals surface area contributed by atoms with Crippen LogP contribution in [0, 0.1) is 0 Å². The van der Waals surface area contributed by atoms with Gasteiger partial charge in [0.25, 0.3) is 0 Å². The lowest BCUT2D eigenvalue weighted by Gasteiger charge is -2.04. The van der Waals surface area contributed by atoms with Gasteiger partial charge in [-0.15, -0.1) is 0 Å². The van der Waals surface area contributed by atoms with E-state index in [1.54, 1.807) is 18.0 Å². The summed E-state index contributed by atoms with van der Waals surface area (Å²) in [6.45, 7) is 0.593. The standard InChI is InChI=1S/C19H18ClN5O/c1-25-17(9-14-7-8-16-15(18(14)20)10-21-23-16)22-19(24-25)13-5-3-12(4-6-13)11-26-2/h3-8,10H,9,11H2,1-2H3,(H,21,23). The van der Waals surface area contributed by atoms with Crippen LogP contribution in [-0.4, -0.2) is 32.1 Å². The van der Waals surface area contributed by atoms with Gasteiger partial charge in [0.2, 0.25) is 0 Å². The minimum Gasteiger partial charge on any atom is -0.380 e. The molecule has 0 aliphatic rings. The first-order chi connectivity index (χ1) is 12.7. The van der Waals surface area contributed by atoms with Crippen LogP contribution >= 0.6 is 11.6 Å². The molecule has 6 nitrogen and oxygen atoms in total. The number of aromatic amines is 1. The first kappa shape index (κ1) is 16.8. The maximum absolute atomic E-state index is 6.53. The molecule has 0 radical (unpaired) electrons. The highest BCUT2D eigenvalue weighted by molar-refractivity contribution is 6.36. The molecule has 4 rings (SSSR count). The number of rotatable bonds is 5. The average molecular weight is 368 g/mol. The number of benzene rings is 2. The van der Waals surface area contributed by atoms with Crippen molar-refractivity contribution in [3.05, 3.63) is 64.6 Å². The Labute approximate surface area is 155 Å². The fraction of sp³-hybridized carbons (Fsp3) is 0.211. The number of hydrogen-bond donors (Lipinski definition) is 1. The number of methoxy groups -OCH3 is 1. The van der Waals surface area contributed by atoms with E-state index in [4.69, 9.17) is 21.3 Å². The number of ether oxygens (including phenoxy) is 1. The highest BCUT2D eigenvalue weighted by Crippen LogP contribution is 2.28. The average Bonchev–Trinajstić information content (AvgIpc) is 3.26. The van der Waals surface area contributed by atoms with E-state index < -0.39 is 0 Å². The maximum Gasteiger partial charge on any atom is 0.181 e. The van der Waals surface area contributed by atoms with Crippen LogP contribution in [0.1, 0.15) is 17.0 Å². The molecular weight excluding hydrogens is 350 g/mol. The number of aromatic nitrogens is 5. The first-order valence-electron chi connectivity index (χ1n) is 8.24. The summed E-state index contributed by atoms with van der Waals surface area (Å²) >= 11 is 6.53. The second-order valence-electron chi connectivity index (χ2n) is 6.15. The Morgan fingerprint density at radius 1 is 1.15 bits per heavy atom. The molecule has 7 heteroatoms. The highest BCUT2D eigenvalue weighted by atomic mass is 35.5. The lowest BCUT2D eigenvalue weighted by atomic mass is 10.1. The van der Waals surface area contributed by atoms with Gasteiger partial charge in [-0.1, -0.05) is 41.9 Å². The first-order valence-corrected chi connectivity index (χ1v) is 8.62. The summed E-state index contributed by atoms with van der Waals surface area (Å²) in [5.41, 5.74) is 4.02. The fourth-order valence-electron chi connectivity index (χ4n) is 2.94. The quantitative estimate of drug-likeness (QED) is 0.583. The number of aryl methyl sites for hydroxylation is 1. The Balaban J connectivity index is 1.62. The van der Waals surface area contributed by atoms with Crippen molar-refractivity contribution in [2.24, 2.45) is 7.05 Å². The molecule has 2 aromatic carbocycles. The largest absolute Gasteiger partial charge is 0.380 e. The Morgan fingerprint density at radius 2 is 1.96 bits per heavy atom. The zero-order valence-electron chi connectivity index (χ0n) is 14.5. The van der Waals surface area contributed by atoms with Crippen molar-refractivity contribution in [3.63, 3.8) is 0 Å². The van der Waals surface area contributed by atoms with Crippen LogP contribution in [0.4, 0.5) is 0 Å². The monoisotopic (exact) mass is 367 g/mol. The number of nitrogens with zero attached hydrogens (tertiary/aromatic N) is 4. The van der Waals surface area contributed by atoms with Gasteiger partial charge in [0.05, 0.1) is 23.3 Å². The second kappa shape index (κ2) is 6.90. The summed E-state index contributed by atoms with van der Waals surface area (Å²) in [4.78, 5) is 4.70. The second-order valence-corrected chi connectivity index (χ2v) is 6.53. The molecule has 0 aliphatic heterocycles. The van der Waals surface area contributed by atoms with Crippen molar-refractivity contribution < 1.29 is 4.74 Å². The van der Waals surface area contributed by atoms with Crippen LogP contribution in [0.2, 0.25) is 5.02 Å². The van der Waals surface area contributed by atoms with E-state index in [1.807, 2.05) is 43.4 Å². The summed E-state index contributed by atoms with van der Waals surface area (Å²) in [7, 11) is 3.59. The zero-order chi connectivity index (χ0) is 18.1. The van der Waals surface area contributed by atoms with Crippen molar-refractivity contribution in [3.8, 4) is 11.4 Å². The molecule has 0 saturated heterocycles. The summed E-state index contributed by atoms with van der Waals surface area (Å²) < 4.78 is 6.94. The summed E-state index contributed by atoms with van der Waals surface area (Å²) in [6.07, 6.45) is 2.34. The van der Waals surface area contributed by atoms with Gasteiger partial charge >= 0.3 is 0 Å². The van der Waals surface area contributed by atoms with E-state index in [0.29, 0.717) is 23.9 Å². The number of halogens is 1. The molecule has 26 heavy (non-hydrogen) atoms. The molecule has 132 valence electrons. The van der Waals surface area contributed by atoms with E-state index in [9.17, 15) is 0 Å². The molecule has 1 N–H and O–H groups in total. The molecule has 2 aromatic heterocycles. The third-order valence-corrected chi connectivity index (χ3v) is 4.81. The van der Waals surface area contributed by atoms with Crippen molar-refractivity contribution >= 4 is 22.5 Å². The van der Waals surface area contributed by atoms with Crippen LogP contribution < -0.4 is 0 Å². The molecule has 0 bridgehead atoms. The van der Waals surface area contributed by atoms with Crippen molar-refractivity contribution in [2.75, 3.05) is 7.11 Å². The van der Waals surface area contributed by atoms with E-state index in [0.717, 1.165) is 33.4 Å². The van der Waals surface area contributed by atoms with Gasteiger partial charge in [-0.2, -0.15) is 10.2 Å². The van der Waals surface area contributed by atoms with Crippen molar-refractivity contribution in [2.45, 2.75) is 13.0 Å². The number of fused-ring (bicyclic) bond motifs is 1. The third kappa shape index (κ3) is 3.09. The van der Waals surface area contributed by atoms with Crippen LogP contribution in [0.5, 0.6) is 0 Å². The van der Waals surface area contributed by atoms with Crippen LogP contribution in [0.3, 0.4) is 0 Å². The summed E-state index contributed by atoms with van der Waals surface area (Å²) in [6, 6.07) is 12.1. The van der Waals surface area contributed by atoms with Gasteiger partial charge < -0.3 is 4.74 Å². The maximum atomic E-state index is 6.53. The topological polar surface area (TPSA) is 68.6 Å². The van der Waals surface area contributed by atoms with Gasteiger partial charge in [-0.25, -0.2) is 4.98 Å². The molecule has 0 saturated carbocycles. The number of hydrogen-bond acceptors (Lipinski definition) is 4. The molecule has 2 heterocycles. The molecule has 0 unspecified atom stereocenters. The van der Waals surface area contributed by atoms with Gasteiger partial charge in [0, 0.05) is 31.5 Å². The lowest BCUT2D eigenvalue weighted by Crippen LogP contribution is -2.01. The Bertz CT molecular complexity index is 1050. The Kier molecular flexibility index (Phi) is 4.44. The summed E-state index contributed by atoms with van der Waals surface area (Å²) in [5, 5.41) is 13.1. The van der Waals surface area contributed by atoms with Gasteiger partial charge in [-0.3, -0.25) is 9.78 Å². The van der Waals surface area contributed by atoms with E-state index >= 15 is 0 Å². The van der Waals surface area contributed by atoms with E-state index in [1.165, 1.54) is 0 Å². The lowest BCUT2D eigenvalue weighted by molar-refractivity contribution is 0.185. The molecule has 0 atom stereocenters. The number of nitrogens with one attached hydrogen (secondary N) is 1. The summed E-state index contributed by atoms with van der Waals surface area (Å²) in [5.74, 6) is 1.55. The minimum atomic E-state index is 0.593. The van der Waals surface area contributed by atoms with Crippen LogP contribution in [0.15, 0.2) is 42.6 Å². The van der Waals surface area contributed by atoms with Gasteiger partial charge in [-0.05, 0) is 17.2 Å². The predicted molar refractivity (Wildman–Crippen MR) is 101 cm³/mol. The van der Waals surface area contributed by atoms with Crippen molar-refractivity contribution in [1.29, 1.82) is 0 Å². The molecule has 0 amide bonds. The highest BCUT2D eigenvalue weighted by Gasteiger charge is 2.13. The molecule has 0 spiro atoms. The van der Waals surface area contributed by atoms with E-state index in [2.05, 4.69) is 15.3 Å². The minimum absolute atomic E-state index is 0.593. The Hall–Kier alpha value is -2.70. The molecule has 4 aromatic rings.